The van der Waals surface area contributed by atoms with Crippen molar-refractivity contribution >= 4 is 36.4 Å². The van der Waals surface area contributed by atoms with Crippen molar-refractivity contribution in [1.29, 1.82) is 0 Å². The molecule has 3 aliphatic rings. The minimum Gasteiger partial charge on any atom is -0.494 e. The number of carboxylic acid groups (broad SMARTS) is 1. The first-order valence-corrected chi connectivity index (χ1v) is 22.1. The quantitative estimate of drug-likeness (QED) is 0.0222. The van der Waals surface area contributed by atoms with E-state index >= 15 is 0 Å². The molecule has 0 bridgehead atoms. The van der Waals surface area contributed by atoms with E-state index in [1.165, 1.54) is 18.3 Å². The lowest BCUT2D eigenvalue weighted by atomic mass is 9.89. The Kier molecular flexibility index (Phi) is 15.4. The summed E-state index contributed by atoms with van der Waals surface area (Å²) in [5.41, 5.74) is 3.67. The van der Waals surface area contributed by atoms with Gasteiger partial charge in [-0.1, -0.05) is 17.9 Å². The van der Waals surface area contributed by atoms with E-state index in [9.17, 15) is 28.8 Å². The monoisotopic (exact) mass is 899 g/mol. The molecule has 64 heavy (non-hydrogen) atoms. The van der Waals surface area contributed by atoms with Crippen molar-refractivity contribution < 1.29 is 52.2 Å². The second-order valence-corrected chi connectivity index (χ2v) is 16.1. The molecular formula is C45H50N5O13P. The number of fused-ring (bicyclic) bond motifs is 2. The number of phosphoric ester groups is 1. The molecule has 19 heteroatoms. The van der Waals surface area contributed by atoms with E-state index < -0.39 is 50.1 Å². The molecule has 3 aromatic rings. The second kappa shape index (κ2) is 20.9. The molecule has 1 fully saturated rings. The summed E-state index contributed by atoms with van der Waals surface area (Å²) in [6, 6.07) is 12.7. The maximum absolute atomic E-state index is 12.8. The molecule has 1 aromatic heterocycles. The van der Waals surface area contributed by atoms with Gasteiger partial charge in [0.1, 0.15) is 35.0 Å². The van der Waals surface area contributed by atoms with Gasteiger partial charge in [0.05, 0.1) is 43.4 Å². The Morgan fingerprint density at radius 2 is 1.91 bits per heavy atom. The molecule has 2 aromatic carbocycles. The summed E-state index contributed by atoms with van der Waals surface area (Å²) >= 11 is 0. The maximum atomic E-state index is 12.8. The third-order valence-corrected chi connectivity index (χ3v) is 10.8. The molecule has 2 aliphatic heterocycles. The SMILES string of the molecule is C=CCO[C@@H]1C[C@H](n2cc(C#CCNC(=O)CCCOc3ccc(-c4c5cc(C)c(=NCC)cc-5oc5cc(NCC)c(C)cc45)c(C(=O)O)c3)c(=O)[nH]c2=O)O[C@@H]1COP(=O)(O)O. The van der Waals surface area contributed by atoms with Crippen LogP contribution in [0.4, 0.5) is 5.69 Å². The van der Waals surface area contributed by atoms with Gasteiger partial charge in [-0.3, -0.25) is 28.7 Å². The van der Waals surface area contributed by atoms with Gasteiger partial charge in [-0.25, -0.2) is 14.2 Å². The number of phosphoric acid groups is 1. The lowest BCUT2D eigenvalue weighted by Gasteiger charge is -2.20. The number of nitrogens with zero attached hydrogens (tertiary/aromatic N) is 2. The van der Waals surface area contributed by atoms with E-state index in [1.807, 2.05) is 52.0 Å². The first-order chi connectivity index (χ1) is 30.6. The number of aryl methyl sites for hydroxylation is 2. The van der Waals surface area contributed by atoms with Crippen molar-refractivity contribution in [2.24, 2.45) is 4.99 Å². The van der Waals surface area contributed by atoms with Crippen molar-refractivity contribution in [2.75, 3.05) is 44.8 Å². The van der Waals surface area contributed by atoms with Gasteiger partial charge in [-0.05, 0) is 81.1 Å². The minimum atomic E-state index is -4.81. The van der Waals surface area contributed by atoms with Crippen LogP contribution in [0, 0.1) is 25.7 Å². The van der Waals surface area contributed by atoms with Crippen molar-refractivity contribution in [2.45, 2.75) is 65.4 Å². The van der Waals surface area contributed by atoms with Crippen LogP contribution in [-0.4, -0.2) is 88.0 Å². The van der Waals surface area contributed by atoms with Crippen molar-refractivity contribution in [3.05, 3.63) is 110 Å². The Balaban J connectivity index is 1.10. The number of carboxylic acids is 1. The van der Waals surface area contributed by atoms with Gasteiger partial charge in [-0.15, -0.1) is 6.58 Å². The second-order valence-electron chi connectivity index (χ2n) is 14.8. The normalized spacial score (nSPS) is 16.4. The van der Waals surface area contributed by atoms with Crippen LogP contribution in [0.15, 0.2) is 80.3 Å². The number of H-pyrrole nitrogens is 1. The average Bonchev–Trinajstić information content (AvgIpc) is 3.65. The molecule has 1 aliphatic carbocycles. The minimum absolute atomic E-state index is 0.0275. The Labute approximate surface area is 367 Å². The van der Waals surface area contributed by atoms with E-state index in [2.05, 4.69) is 43.6 Å². The van der Waals surface area contributed by atoms with E-state index in [1.54, 1.807) is 12.1 Å². The average molecular weight is 900 g/mol. The van der Waals surface area contributed by atoms with Crippen molar-refractivity contribution in [3.8, 4) is 40.0 Å². The molecule has 0 radical (unpaired) electrons. The Morgan fingerprint density at radius 3 is 2.62 bits per heavy atom. The predicted octanol–water partition coefficient (Wildman–Crippen LogP) is 5.02. The first-order valence-electron chi connectivity index (χ1n) is 20.6. The summed E-state index contributed by atoms with van der Waals surface area (Å²) in [6.07, 6.45) is 0.462. The zero-order valence-corrected chi connectivity index (χ0v) is 36.7. The number of anilines is 1. The third-order valence-electron chi connectivity index (χ3n) is 10.3. The maximum Gasteiger partial charge on any atom is 0.469 e. The van der Waals surface area contributed by atoms with Crippen molar-refractivity contribution in [1.82, 2.24) is 14.9 Å². The summed E-state index contributed by atoms with van der Waals surface area (Å²) in [4.78, 5) is 75.8. The highest BCUT2D eigenvalue weighted by atomic mass is 31.2. The zero-order valence-electron chi connectivity index (χ0n) is 35.8. The van der Waals surface area contributed by atoms with Crippen LogP contribution < -0.4 is 32.0 Å². The van der Waals surface area contributed by atoms with Gasteiger partial charge in [0.2, 0.25) is 5.91 Å². The highest BCUT2D eigenvalue weighted by Crippen LogP contribution is 2.44. The summed E-state index contributed by atoms with van der Waals surface area (Å²) in [7, 11) is -4.81. The van der Waals surface area contributed by atoms with Crippen LogP contribution in [0.5, 0.6) is 5.75 Å². The van der Waals surface area contributed by atoms with Gasteiger partial charge in [0.15, 0.2) is 0 Å². The number of aromatic carboxylic acids is 1. The van der Waals surface area contributed by atoms with Crippen LogP contribution in [0.25, 0.3) is 33.4 Å². The Bertz CT molecular complexity index is 2830. The van der Waals surface area contributed by atoms with E-state index in [-0.39, 0.29) is 49.6 Å². The van der Waals surface area contributed by atoms with Crippen LogP contribution in [0.1, 0.15) is 66.4 Å². The van der Waals surface area contributed by atoms with E-state index in [4.69, 9.17) is 28.4 Å². The molecule has 3 atom stereocenters. The van der Waals surface area contributed by atoms with Gasteiger partial charge in [-0.2, -0.15) is 0 Å². The Hall–Kier alpha value is -6.32. The standard InChI is InChI=1S/C45H50N5O13P/c1-6-16-60-38-23-41(63-39(38)25-61-64(56,57)58)50-24-28(43(52)49-45(50)55)11-9-15-48-40(51)12-10-17-59-29-13-14-30(31(20-29)44(53)54)42-32-18-26(4)34(46-7-2)21-36(32)62-37-22-35(47-8-3)27(5)19-33(37)42/h6,13-14,18-22,24,38-39,41,46H,1,7-8,10,12,15-17,23,25H2,2-5H3,(H,48,51)(H,53,54)(H,49,52,55)(H2,56,57,58)/t38-,39-,41-/m1/s1. The predicted molar refractivity (Wildman–Crippen MR) is 237 cm³/mol. The molecule has 0 unspecified atom stereocenters. The van der Waals surface area contributed by atoms with Crippen LogP contribution >= 0.6 is 7.82 Å². The van der Waals surface area contributed by atoms with Crippen molar-refractivity contribution in [3.63, 3.8) is 0 Å². The number of nitrogens with one attached hydrogen (secondary N) is 3. The molecule has 6 rings (SSSR count). The first kappa shape index (κ1) is 47.2. The highest BCUT2D eigenvalue weighted by molar-refractivity contribution is 7.46. The zero-order chi connectivity index (χ0) is 46.1. The molecule has 1 saturated heterocycles. The molecule has 0 saturated carbocycles. The third kappa shape index (κ3) is 11.4. The largest absolute Gasteiger partial charge is 0.494 e. The van der Waals surface area contributed by atoms with Gasteiger partial charge >= 0.3 is 19.5 Å². The number of benzene rings is 3. The van der Waals surface area contributed by atoms with Crippen LogP contribution in [0.2, 0.25) is 0 Å². The topological polar surface area (TPSA) is 253 Å². The lowest BCUT2D eigenvalue weighted by Crippen LogP contribution is -2.34. The number of amides is 1. The highest BCUT2D eigenvalue weighted by Gasteiger charge is 2.39. The smallest absolute Gasteiger partial charge is 0.469 e. The summed E-state index contributed by atoms with van der Waals surface area (Å²) in [5.74, 6) is 4.71. The summed E-state index contributed by atoms with van der Waals surface area (Å²) in [6.45, 7) is 12.3. The number of ether oxygens (including phenoxy) is 3. The molecule has 338 valence electrons. The fourth-order valence-corrected chi connectivity index (χ4v) is 7.69. The molecule has 18 nitrogen and oxygen atoms in total. The van der Waals surface area contributed by atoms with Crippen LogP contribution in [0.3, 0.4) is 0 Å². The number of aromatic amines is 1. The molecule has 1 amide bonds. The number of carbonyl (C=O) groups excluding carboxylic acids is 1. The number of carbonyl (C=O) groups is 2. The van der Waals surface area contributed by atoms with E-state index in [0.717, 1.165) is 37.7 Å². The molecular weight excluding hydrogens is 849 g/mol. The van der Waals surface area contributed by atoms with E-state index in [0.29, 0.717) is 47.7 Å². The fraction of sp³-hybridized carbons (Fsp3) is 0.356. The lowest BCUT2D eigenvalue weighted by molar-refractivity contribution is -0.121. The van der Waals surface area contributed by atoms with Gasteiger partial charge in [0, 0.05) is 66.5 Å². The van der Waals surface area contributed by atoms with Gasteiger partial charge in [0.25, 0.3) is 5.56 Å². The van der Waals surface area contributed by atoms with Crippen LogP contribution in [-0.2, 0) is 23.4 Å². The Morgan fingerprint density at radius 1 is 1.11 bits per heavy atom. The molecule has 3 heterocycles. The number of aromatic nitrogens is 2. The number of rotatable bonds is 18. The van der Waals surface area contributed by atoms with Gasteiger partial charge < -0.3 is 44.2 Å². The number of hydrogen-bond acceptors (Lipinski definition) is 12. The summed E-state index contributed by atoms with van der Waals surface area (Å²) in [5, 5.41) is 18.0. The summed E-state index contributed by atoms with van der Waals surface area (Å²) < 4.78 is 40.8. The molecule has 0 spiro atoms. The molecule has 6 N–H and O–H groups in total. The number of hydrogen-bond donors (Lipinski definition) is 6. The fourth-order valence-electron chi connectivity index (χ4n) is 7.35.